The van der Waals surface area contributed by atoms with Crippen molar-refractivity contribution in [2.45, 2.75) is 51.4 Å². The van der Waals surface area contributed by atoms with Crippen LogP contribution < -0.4 is 14.2 Å². The van der Waals surface area contributed by atoms with E-state index in [9.17, 15) is 9.90 Å². The third kappa shape index (κ3) is 6.34. The first-order chi connectivity index (χ1) is 19.5. The van der Waals surface area contributed by atoms with E-state index < -0.39 is 11.6 Å². The second kappa shape index (κ2) is 11.3. The van der Waals surface area contributed by atoms with Crippen molar-refractivity contribution in [1.29, 1.82) is 0 Å². The molecule has 216 valence electrons. The summed E-state index contributed by atoms with van der Waals surface area (Å²) in [7, 11) is 1.60. The molecule has 2 heterocycles. The van der Waals surface area contributed by atoms with Crippen LogP contribution in [-0.2, 0) is 16.1 Å². The first kappa shape index (κ1) is 28.9. The Morgan fingerprint density at radius 3 is 2.59 bits per heavy atom. The smallest absolute Gasteiger partial charge is 0.335 e. The lowest BCUT2D eigenvalue weighted by Gasteiger charge is -2.20. The Balaban J connectivity index is 1.49. The zero-order valence-corrected chi connectivity index (χ0v) is 24.6. The summed E-state index contributed by atoms with van der Waals surface area (Å²) in [5.74, 6) is 1.08. The van der Waals surface area contributed by atoms with Gasteiger partial charge in [-0.15, -0.1) is 0 Å². The van der Waals surface area contributed by atoms with E-state index in [0.717, 1.165) is 18.4 Å². The number of hydrogen-bond donors (Lipinski definition) is 1. The van der Waals surface area contributed by atoms with Gasteiger partial charge in [0, 0.05) is 16.1 Å². The topological polar surface area (TPSA) is 118 Å². The molecular weight excluding hydrogens is 571 g/mol. The van der Waals surface area contributed by atoms with Crippen LogP contribution in [0.2, 0.25) is 10.0 Å². The molecule has 12 heteroatoms. The molecule has 1 fully saturated rings. The van der Waals surface area contributed by atoms with E-state index in [1.807, 2.05) is 29.7 Å². The lowest BCUT2D eigenvalue weighted by Crippen LogP contribution is -2.36. The number of aromatic nitrogens is 4. The molecule has 2 aromatic heterocycles. The maximum Gasteiger partial charge on any atom is 0.335 e. The first-order valence-corrected chi connectivity index (χ1v) is 13.8. The molecular formula is C29H30Cl2N4O6. The monoisotopic (exact) mass is 600 g/mol. The SMILES string of the molecule is COc1ccc(Cl)cc1Cn1c(-c2ccc(OCCOC(C)(C)C(=O)O)cc2Cl)nc2c(OC3(C)CC3)ncnc21. The van der Waals surface area contributed by atoms with Crippen LogP contribution in [0.3, 0.4) is 0 Å². The van der Waals surface area contributed by atoms with E-state index in [2.05, 4.69) is 9.97 Å². The van der Waals surface area contributed by atoms with Crippen LogP contribution in [0.4, 0.5) is 0 Å². The van der Waals surface area contributed by atoms with Crippen molar-refractivity contribution in [2.24, 2.45) is 0 Å². The fraction of sp³-hybridized carbons (Fsp3) is 0.379. The highest BCUT2D eigenvalue weighted by Crippen LogP contribution is 2.41. The minimum atomic E-state index is -1.31. The molecule has 0 radical (unpaired) electrons. The summed E-state index contributed by atoms with van der Waals surface area (Å²) in [6, 6.07) is 10.7. The molecule has 0 atom stereocenters. The van der Waals surface area contributed by atoms with Gasteiger partial charge in [0.25, 0.3) is 0 Å². The highest BCUT2D eigenvalue weighted by Gasteiger charge is 2.41. The predicted molar refractivity (Wildman–Crippen MR) is 154 cm³/mol. The number of carbonyl (C=O) groups is 1. The Morgan fingerprint density at radius 1 is 1.12 bits per heavy atom. The number of carboxylic acid groups (broad SMARTS) is 1. The normalized spacial score (nSPS) is 14.2. The van der Waals surface area contributed by atoms with E-state index in [0.29, 0.717) is 56.5 Å². The quantitative estimate of drug-likeness (QED) is 0.194. The molecule has 41 heavy (non-hydrogen) atoms. The number of carboxylic acids is 1. The summed E-state index contributed by atoms with van der Waals surface area (Å²) in [6.07, 6.45) is 3.35. The van der Waals surface area contributed by atoms with Crippen LogP contribution in [0.15, 0.2) is 42.7 Å². The van der Waals surface area contributed by atoms with Crippen molar-refractivity contribution in [3.05, 3.63) is 58.3 Å². The van der Waals surface area contributed by atoms with Crippen LogP contribution in [0.5, 0.6) is 17.4 Å². The van der Waals surface area contributed by atoms with Gasteiger partial charge in [0.2, 0.25) is 5.88 Å². The number of hydrogen-bond acceptors (Lipinski definition) is 8. The summed E-state index contributed by atoms with van der Waals surface area (Å²) in [6.45, 7) is 5.59. The molecule has 1 aliphatic carbocycles. The molecule has 0 saturated heterocycles. The number of imidazole rings is 1. The van der Waals surface area contributed by atoms with Gasteiger partial charge in [0.05, 0.1) is 25.3 Å². The maximum absolute atomic E-state index is 11.2. The Hall–Kier alpha value is -3.60. The summed E-state index contributed by atoms with van der Waals surface area (Å²) in [5.41, 5.74) is 0.998. The van der Waals surface area contributed by atoms with Gasteiger partial charge in [-0.3, -0.25) is 0 Å². The van der Waals surface area contributed by atoms with E-state index in [-0.39, 0.29) is 18.8 Å². The maximum atomic E-state index is 11.2. The summed E-state index contributed by atoms with van der Waals surface area (Å²) < 4.78 is 24.9. The number of fused-ring (bicyclic) bond motifs is 1. The highest BCUT2D eigenvalue weighted by atomic mass is 35.5. The van der Waals surface area contributed by atoms with Gasteiger partial charge in [0.15, 0.2) is 16.8 Å². The van der Waals surface area contributed by atoms with Crippen molar-refractivity contribution in [2.75, 3.05) is 20.3 Å². The number of nitrogens with zero attached hydrogens (tertiary/aromatic N) is 4. The van der Waals surface area contributed by atoms with Gasteiger partial charge in [0.1, 0.15) is 35.9 Å². The molecule has 0 unspecified atom stereocenters. The molecule has 0 spiro atoms. The van der Waals surface area contributed by atoms with Gasteiger partial charge in [-0.05, 0) is 70.0 Å². The molecule has 0 aliphatic heterocycles. The Morgan fingerprint density at radius 2 is 1.90 bits per heavy atom. The fourth-order valence-electron chi connectivity index (χ4n) is 4.18. The molecule has 5 rings (SSSR count). The van der Waals surface area contributed by atoms with Crippen LogP contribution in [0, 0.1) is 0 Å². The van der Waals surface area contributed by atoms with Gasteiger partial charge in [-0.2, -0.15) is 4.98 Å². The van der Waals surface area contributed by atoms with Gasteiger partial charge in [-0.1, -0.05) is 23.2 Å². The predicted octanol–water partition coefficient (Wildman–Crippen LogP) is 6.05. The molecule has 1 aliphatic rings. The first-order valence-electron chi connectivity index (χ1n) is 13.0. The average Bonchev–Trinajstić information content (AvgIpc) is 3.54. The molecule has 0 bridgehead atoms. The van der Waals surface area contributed by atoms with Gasteiger partial charge in [-0.25, -0.2) is 14.8 Å². The van der Waals surface area contributed by atoms with Crippen molar-refractivity contribution in [3.8, 4) is 28.8 Å². The second-order valence-electron chi connectivity index (χ2n) is 10.5. The molecule has 1 N–H and O–H groups in total. The summed E-state index contributed by atoms with van der Waals surface area (Å²) in [5, 5.41) is 10.2. The van der Waals surface area contributed by atoms with Crippen LogP contribution in [0.1, 0.15) is 39.2 Å². The number of rotatable bonds is 12. The Kier molecular flexibility index (Phi) is 8.00. The third-order valence-corrected chi connectivity index (χ3v) is 7.43. The van der Waals surface area contributed by atoms with E-state index in [1.54, 1.807) is 25.3 Å². The molecule has 2 aromatic carbocycles. The number of halogens is 2. The van der Waals surface area contributed by atoms with E-state index in [4.69, 9.17) is 47.1 Å². The van der Waals surface area contributed by atoms with Crippen LogP contribution >= 0.6 is 23.2 Å². The largest absolute Gasteiger partial charge is 0.496 e. The third-order valence-electron chi connectivity index (χ3n) is 6.88. The van der Waals surface area contributed by atoms with Crippen LogP contribution in [-0.4, -0.2) is 62.1 Å². The number of methoxy groups -OCH3 is 1. The van der Waals surface area contributed by atoms with Crippen molar-refractivity contribution in [1.82, 2.24) is 19.5 Å². The molecule has 1 saturated carbocycles. The number of ether oxygens (including phenoxy) is 4. The van der Waals surface area contributed by atoms with Gasteiger partial charge < -0.3 is 28.6 Å². The average molecular weight is 601 g/mol. The second-order valence-corrected chi connectivity index (χ2v) is 11.4. The van der Waals surface area contributed by atoms with Crippen molar-refractivity contribution >= 4 is 40.3 Å². The number of aliphatic carboxylic acids is 1. The minimum Gasteiger partial charge on any atom is -0.496 e. The molecule has 4 aromatic rings. The Bertz CT molecular complexity index is 1600. The molecule has 0 amide bonds. The highest BCUT2D eigenvalue weighted by molar-refractivity contribution is 6.33. The van der Waals surface area contributed by atoms with Crippen molar-refractivity contribution in [3.63, 3.8) is 0 Å². The standard InChI is InChI=1S/C29H30Cl2N4O6/c1-28(2,27(36)37)40-12-11-39-19-6-7-20(21(31)14-19)24-34-23-25(32-16-33-26(23)41-29(3)9-10-29)35(24)15-17-13-18(30)5-8-22(17)38-4/h5-8,13-14,16H,9-12,15H2,1-4H3,(H,36,37). The summed E-state index contributed by atoms with van der Waals surface area (Å²) in [4.78, 5) is 25.1. The van der Waals surface area contributed by atoms with Crippen LogP contribution in [0.25, 0.3) is 22.6 Å². The summed E-state index contributed by atoms with van der Waals surface area (Å²) >= 11 is 13.1. The lowest BCUT2D eigenvalue weighted by molar-refractivity contribution is -0.161. The zero-order chi connectivity index (χ0) is 29.4. The minimum absolute atomic E-state index is 0.0936. The van der Waals surface area contributed by atoms with Gasteiger partial charge >= 0.3 is 5.97 Å². The zero-order valence-electron chi connectivity index (χ0n) is 23.1. The lowest BCUT2D eigenvalue weighted by atomic mass is 10.1. The fourth-order valence-corrected chi connectivity index (χ4v) is 4.63. The van der Waals surface area contributed by atoms with Crippen molar-refractivity contribution < 1.29 is 28.8 Å². The van der Waals surface area contributed by atoms with E-state index in [1.165, 1.54) is 20.2 Å². The van der Waals surface area contributed by atoms with E-state index >= 15 is 0 Å². The Labute approximate surface area is 247 Å². The number of benzene rings is 2. The molecule has 10 nitrogen and oxygen atoms in total.